The lowest BCUT2D eigenvalue weighted by molar-refractivity contribution is -0.137. The van der Waals surface area contributed by atoms with Gasteiger partial charge < -0.3 is 15.2 Å². The summed E-state index contributed by atoms with van der Waals surface area (Å²) in [5.74, 6) is 0. The Morgan fingerprint density at radius 1 is 0.968 bits per heavy atom. The van der Waals surface area contributed by atoms with Crippen LogP contribution in [0.1, 0.15) is 11.1 Å². The molecule has 4 rings (SSSR count). The Morgan fingerprint density at radius 3 is 2.35 bits per heavy atom. The van der Waals surface area contributed by atoms with Gasteiger partial charge in [-0.2, -0.15) is 13.2 Å². The van der Waals surface area contributed by atoms with E-state index in [4.69, 9.17) is 11.6 Å². The molecule has 2 aromatic heterocycles. The number of fused-ring (bicyclic) bond motifs is 1. The van der Waals surface area contributed by atoms with Crippen molar-refractivity contribution in [3.63, 3.8) is 0 Å². The Labute approximate surface area is 180 Å². The molecule has 2 aromatic carbocycles. The van der Waals surface area contributed by atoms with Crippen molar-refractivity contribution in [2.24, 2.45) is 0 Å². The number of pyridine rings is 1. The second-order valence-electron chi connectivity index (χ2n) is 6.84. The topological polar surface area (TPSA) is 59.0 Å². The van der Waals surface area contributed by atoms with E-state index in [1.54, 1.807) is 24.5 Å². The summed E-state index contributed by atoms with van der Waals surface area (Å²) in [6.45, 7) is 0.678. The number of benzene rings is 2. The third kappa shape index (κ3) is 4.80. The van der Waals surface area contributed by atoms with E-state index < -0.39 is 22.8 Å². The van der Waals surface area contributed by atoms with E-state index in [1.807, 2.05) is 30.5 Å². The van der Waals surface area contributed by atoms with Crippen LogP contribution in [0.25, 0.3) is 10.9 Å². The molecule has 0 radical (unpaired) electrons. The molecule has 0 saturated heterocycles. The zero-order chi connectivity index (χ0) is 22.0. The SMILES string of the molecule is O=C(Nc1ccc(Cl)c(C(F)(F)F)c1)Nc1ccc2c(ccn2Cc2ccncc2)c1. The number of anilines is 2. The molecule has 2 N–H and O–H groups in total. The van der Waals surface area contributed by atoms with Crippen LogP contribution in [-0.4, -0.2) is 15.6 Å². The molecule has 2 amide bonds. The lowest BCUT2D eigenvalue weighted by Gasteiger charge is -2.12. The lowest BCUT2D eigenvalue weighted by Crippen LogP contribution is -2.19. The van der Waals surface area contributed by atoms with E-state index >= 15 is 0 Å². The molecule has 9 heteroatoms. The van der Waals surface area contributed by atoms with Crippen LogP contribution < -0.4 is 10.6 Å². The Hall–Kier alpha value is -3.52. The molecule has 0 aliphatic rings. The second kappa shape index (κ2) is 8.31. The minimum absolute atomic E-state index is 0.0150. The van der Waals surface area contributed by atoms with Gasteiger partial charge in [-0.3, -0.25) is 4.98 Å². The van der Waals surface area contributed by atoms with Gasteiger partial charge in [-0.25, -0.2) is 4.79 Å². The van der Waals surface area contributed by atoms with Crippen molar-refractivity contribution in [2.75, 3.05) is 10.6 Å². The van der Waals surface area contributed by atoms with Gasteiger partial charge in [0.05, 0.1) is 10.6 Å². The minimum Gasteiger partial charge on any atom is -0.343 e. The van der Waals surface area contributed by atoms with Crippen LogP contribution in [0.5, 0.6) is 0 Å². The van der Waals surface area contributed by atoms with Gasteiger partial charge in [-0.05, 0) is 60.2 Å². The summed E-state index contributed by atoms with van der Waals surface area (Å²) in [6, 6.07) is 13.7. The highest BCUT2D eigenvalue weighted by atomic mass is 35.5. The highest BCUT2D eigenvalue weighted by molar-refractivity contribution is 6.31. The quantitative estimate of drug-likeness (QED) is 0.382. The van der Waals surface area contributed by atoms with E-state index in [-0.39, 0.29) is 5.69 Å². The Bertz CT molecular complexity index is 1240. The molecule has 4 aromatic rings. The number of hydrogen-bond acceptors (Lipinski definition) is 2. The van der Waals surface area contributed by atoms with Crippen LogP contribution in [0.15, 0.2) is 73.2 Å². The molecule has 0 atom stereocenters. The van der Waals surface area contributed by atoms with Crippen LogP contribution >= 0.6 is 11.6 Å². The largest absolute Gasteiger partial charge is 0.417 e. The molecule has 0 spiro atoms. The number of hydrogen-bond donors (Lipinski definition) is 2. The maximum atomic E-state index is 13.0. The average Bonchev–Trinajstić information content (AvgIpc) is 3.11. The molecule has 0 aliphatic carbocycles. The van der Waals surface area contributed by atoms with Crippen molar-refractivity contribution < 1.29 is 18.0 Å². The lowest BCUT2D eigenvalue weighted by atomic mass is 10.2. The van der Waals surface area contributed by atoms with Crippen molar-refractivity contribution in [1.82, 2.24) is 9.55 Å². The number of nitrogens with one attached hydrogen (secondary N) is 2. The standard InChI is InChI=1S/C22H16ClF3N4O/c23-19-3-1-17(12-18(19)22(24,25)26)29-21(31)28-16-2-4-20-15(11-16)7-10-30(20)13-14-5-8-27-9-6-14/h1-12H,13H2,(H2,28,29,31). The zero-order valence-electron chi connectivity index (χ0n) is 15.9. The number of carbonyl (C=O) groups excluding carboxylic acids is 1. The number of urea groups is 1. The number of aromatic nitrogens is 2. The van der Waals surface area contributed by atoms with Gasteiger partial charge >= 0.3 is 12.2 Å². The van der Waals surface area contributed by atoms with Crippen molar-refractivity contribution in [3.8, 4) is 0 Å². The Morgan fingerprint density at radius 2 is 1.65 bits per heavy atom. The van der Waals surface area contributed by atoms with E-state index in [9.17, 15) is 18.0 Å². The van der Waals surface area contributed by atoms with Gasteiger partial charge in [-0.15, -0.1) is 0 Å². The summed E-state index contributed by atoms with van der Waals surface area (Å²) < 4.78 is 41.0. The summed E-state index contributed by atoms with van der Waals surface area (Å²) in [6.07, 6.45) is 0.807. The number of alkyl halides is 3. The number of rotatable bonds is 4. The summed E-state index contributed by atoms with van der Waals surface area (Å²) in [7, 11) is 0. The first-order chi connectivity index (χ1) is 14.8. The van der Waals surface area contributed by atoms with Crippen molar-refractivity contribution in [1.29, 1.82) is 0 Å². The van der Waals surface area contributed by atoms with Gasteiger partial charge in [-0.1, -0.05) is 11.6 Å². The van der Waals surface area contributed by atoms with Gasteiger partial charge in [0.25, 0.3) is 0 Å². The average molecular weight is 445 g/mol. The van der Waals surface area contributed by atoms with Gasteiger partial charge in [0.15, 0.2) is 0 Å². The van der Waals surface area contributed by atoms with E-state index in [0.29, 0.717) is 12.2 Å². The zero-order valence-corrected chi connectivity index (χ0v) is 16.7. The van der Waals surface area contributed by atoms with E-state index in [1.165, 1.54) is 6.07 Å². The Kier molecular flexibility index (Phi) is 5.56. The molecule has 31 heavy (non-hydrogen) atoms. The summed E-state index contributed by atoms with van der Waals surface area (Å²) in [5.41, 5.74) is 1.57. The fourth-order valence-corrected chi connectivity index (χ4v) is 3.44. The molecule has 0 saturated carbocycles. The molecule has 0 aliphatic heterocycles. The normalized spacial score (nSPS) is 11.5. The van der Waals surface area contributed by atoms with Crippen molar-refractivity contribution in [2.45, 2.75) is 12.7 Å². The molecule has 2 heterocycles. The molecular weight excluding hydrogens is 429 g/mol. The van der Waals surface area contributed by atoms with Crippen LogP contribution in [0.2, 0.25) is 5.02 Å². The van der Waals surface area contributed by atoms with Crippen LogP contribution in [0.4, 0.5) is 29.3 Å². The molecule has 0 unspecified atom stereocenters. The predicted octanol–water partition coefficient (Wildman–Crippen LogP) is 6.40. The summed E-state index contributed by atoms with van der Waals surface area (Å²) in [5, 5.41) is 5.51. The first kappa shape index (κ1) is 20.7. The first-order valence-electron chi connectivity index (χ1n) is 9.22. The van der Waals surface area contributed by atoms with Crippen LogP contribution in [-0.2, 0) is 12.7 Å². The number of amides is 2. The predicted molar refractivity (Wildman–Crippen MR) is 114 cm³/mol. The fourth-order valence-electron chi connectivity index (χ4n) is 3.21. The number of halogens is 4. The summed E-state index contributed by atoms with van der Waals surface area (Å²) in [4.78, 5) is 16.3. The minimum atomic E-state index is -4.61. The van der Waals surface area contributed by atoms with E-state index in [0.717, 1.165) is 28.6 Å². The monoisotopic (exact) mass is 444 g/mol. The van der Waals surface area contributed by atoms with Gasteiger partial charge in [0, 0.05) is 47.4 Å². The smallest absolute Gasteiger partial charge is 0.343 e. The highest BCUT2D eigenvalue weighted by Crippen LogP contribution is 2.36. The van der Waals surface area contributed by atoms with Crippen LogP contribution in [0.3, 0.4) is 0 Å². The van der Waals surface area contributed by atoms with Crippen molar-refractivity contribution in [3.05, 3.63) is 89.3 Å². The maximum absolute atomic E-state index is 13.0. The molecule has 5 nitrogen and oxygen atoms in total. The number of nitrogens with zero attached hydrogens (tertiary/aromatic N) is 2. The van der Waals surface area contributed by atoms with Gasteiger partial charge in [0.1, 0.15) is 0 Å². The molecule has 158 valence electrons. The third-order valence-corrected chi connectivity index (χ3v) is 4.99. The third-order valence-electron chi connectivity index (χ3n) is 4.66. The molecular formula is C22H16ClF3N4O. The molecule has 0 bridgehead atoms. The van der Waals surface area contributed by atoms with E-state index in [2.05, 4.69) is 20.2 Å². The maximum Gasteiger partial charge on any atom is 0.417 e. The Balaban J connectivity index is 1.47. The first-order valence-corrected chi connectivity index (χ1v) is 9.60. The fraction of sp³-hybridized carbons (Fsp3) is 0.0909. The second-order valence-corrected chi connectivity index (χ2v) is 7.25. The van der Waals surface area contributed by atoms with Crippen molar-refractivity contribution >= 4 is 39.9 Å². The molecule has 0 fully saturated rings. The van der Waals surface area contributed by atoms with Crippen LogP contribution in [0, 0.1) is 0 Å². The highest BCUT2D eigenvalue weighted by Gasteiger charge is 2.33. The summed E-state index contributed by atoms with van der Waals surface area (Å²) >= 11 is 5.60. The number of carbonyl (C=O) groups is 1. The van der Waals surface area contributed by atoms with Gasteiger partial charge in [0.2, 0.25) is 0 Å².